The Morgan fingerprint density at radius 3 is 2.62 bits per heavy atom. The van der Waals surface area contributed by atoms with E-state index in [1.807, 2.05) is 6.07 Å². The predicted molar refractivity (Wildman–Crippen MR) is 60.2 cm³/mol. The summed E-state index contributed by atoms with van der Waals surface area (Å²) >= 11 is 0. The standard InChI is InChI=1S/C11H11N3O2/c1-7-3-4-9(10-5-6-12-13-10)8(2)11(7)14(15)16/h3-6H,1-2H3,(H,12,13). The highest BCUT2D eigenvalue weighted by atomic mass is 16.6. The second-order valence-electron chi connectivity index (χ2n) is 3.62. The van der Waals surface area contributed by atoms with Crippen LogP contribution in [0.1, 0.15) is 11.1 Å². The maximum atomic E-state index is 10.9. The number of nitro benzene ring substituents is 1. The fourth-order valence-electron chi connectivity index (χ4n) is 1.80. The van der Waals surface area contributed by atoms with Crippen molar-refractivity contribution in [1.82, 2.24) is 10.2 Å². The largest absolute Gasteiger partial charge is 0.285 e. The van der Waals surface area contributed by atoms with E-state index in [0.717, 1.165) is 11.3 Å². The molecule has 0 fully saturated rings. The molecule has 0 unspecified atom stereocenters. The molecule has 0 spiro atoms. The number of rotatable bonds is 2. The van der Waals surface area contributed by atoms with Crippen LogP contribution in [-0.2, 0) is 0 Å². The molecule has 0 aliphatic heterocycles. The third kappa shape index (κ3) is 1.56. The number of nitro groups is 1. The summed E-state index contributed by atoms with van der Waals surface area (Å²) in [6.07, 6.45) is 1.69. The molecule has 2 rings (SSSR count). The number of nitrogens with zero attached hydrogens (tertiary/aromatic N) is 2. The van der Waals surface area contributed by atoms with Crippen molar-refractivity contribution >= 4 is 5.69 Å². The van der Waals surface area contributed by atoms with Crippen molar-refractivity contribution in [2.45, 2.75) is 13.8 Å². The number of H-pyrrole nitrogens is 1. The van der Waals surface area contributed by atoms with Gasteiger partial charge in [0.15, 0.2) is 0 Å². The van der Waals surface area contributed by atoms with E-state index in [1.165, 1.54) is 0 Å². The summed E-state index contributed by atoms with van der Waals surface area (Å²) in [5.74, 6) is 0. The number of hydrogen-bond donors (Lipinski definition) is 1. The molecule has 0 atom stereocenters. The predicted octanol–water partition coefficient (Wildman–Crippen LogP) is 2.60. The molecule has 5 nitrogen and oxygen atoms in total. The SMILES string of the molecule is Cc1ccc(-c2cc[nH]n2)c(C)c1[N+](=O)[O-]. The molecule has 1 aromatic heterocycles. The van der Waals surface area contributed by atoms with Crippen LogP contribution in [-0.4, -0.2) is 15.1 Å². The maximum absolute atomic E-state index is 10.9. The molecular formula is C11H11N3O2. The van der Waals surface area contributed by atoms with Crippen LogP contribution in [0, 0.1) is 24.0 Å². The van der Waals surface area contributed by atoms with E-state index in [-0.39, 0.29) is 10.6 Å². The number of aryl methyl sites for hydroxylation is 1. The molecule has 1 heterocycles. The van der Waals surface area contributed by atoms with Gasteiger partial charge in [0.1, 0.15) is 0 Å². The van der Waals surface area contributed by atoms with Gasteiger partial charge in [0.05, 0.1) is 10.6 Å². The first kappa shape index (κ1) is 10.4. The van der Waals surface area contributed by atoms with Gasteiger partial charge >= 0.3 is 0 Å². The molecule has 0 radical (unpaired) electrons. The van der Waals surface area contributed by atoms with Crippen molar-refractivity contribution in [2.75, 3.05) is 0 Å². The lowest BCUT2D eigenvalue weighted by Gasteiger charge is -2.05. The van der Waals surface area contributed by atoms with Gasteiger partial charge in [0.25, 0.3) is 5.69 Å². The third-order valence-electron chi connectivity index (χ3n) is 2.59. The Morgan fingerprint density at radius 1 is 1.31 bits per heavy atom. The number of nitrogens with one attached hydrogen (secondary N) is 1. The van der Waals surface area contributed by atoms with Gasteiger partial charge in [-0.15, -0.1) is 0 Å². The summed E-state index contributed by atoms with van der Waals surface area (Å²) in [5, 5.41) is 17.7. The van der Waals surface area contributed by atoms with Crippen molar-refractivity contribution in [3.8, 4) is 11.3 Å². The molecule has 1 N–H and O–H groups in total. The Kier molecular flexibility index (Phi) is 2.44. The average Bonchev–Trinajstić information content (AvgIpc) is 2.70. The van der Waals surface area contributed by atoms with Gasteiger partial charge in [-0.1, -0.05) is 12.1 Å². The van der Waals surface area contributed by atoms with E-state index in [0.29, 0.717) is 11.1 Å². The molecule has 2 aromatic rings. The first-order valence-corrected chi connectivity index (χ1v) is 4.86. The van der Waals surface area contributed by atoms with E-state index < -0.39 is 0 Å². The van der Waals surface area contributed by atoms with Gasteiger partial charge in [-0.05, 0) is 19.9 Å². The Labute approximate surface area is 92.3 Å². The first-order chi connectivity index (χ1) is 7.61. The van der Waals surface area contributed by atoms with Crippen LogP contribution in [0.3, 0.4) is 0 Å². The zero-order valence-corrected chi connectivity index (χ0v) is 9.02. The van der Waals surface area contributed by atoms with Crippen LogP contribution >= 0.6 is 0 Å². The topological polar surface area (TPSA) is 71.8 Å². The Morgan fingerprint density at radius 2 is 2.06 bits per heavy atom. The zero-order chi connectivity index (χ0) is 11.7. The number of aromatic amines is 1. The van der Waals surface area contributed by atoms with E-state index in [2.05, 4.69) is 10.2 Å². The van der Waals surface area contributed by atoms with Gasteiger partial charge in [0, 0.05) is 22.9 Å². The summed E-state index contributed by atoms with van der Waals surface area (Å²) in [6.45, 7) is 3.48. The molecular weight excluding hydrogens is 206 g/mol. The lowest BCUT2D eigenvalue weighted by atomic mass is 10.0. The lowest BCUT2D eigenvalue weighted by Crippen LogP contribution is -1.97. The van der Waals surface area contributed by atoms with Crippen molar-refractivity contribution in [1.29, 1.82) is 0 Å². The minimum absolute atomic E-state index is 0.167. The van der Waals surface area contributed by atoms with Crippen molar-refractivity contribution in [3.63, 3.8) is 0 Å². The van der Waals surface area contributed by atoms with Gasteiger partial charge in [-0.25, -0.2) is 0 Å². The summed E-state index contributed by atoms with van der Waals surface area (Å²) in [7, 11) is 0. The van der Waals surface area contributed by atoms with Crippen molar-refractivity contribution < 1.29 is 4.92 Å². The normalized spacial score (nSPS) is 10.4. The van der Waals surface area contributed by atoms with E-state index in [1.54, 1.807) is 32.2 Å². The number of hydrogen-bond acceptors (Lipinski definition) is 3. The summed E-state index contributed by atoms with van der Waals surface area (Å²) in [4.78, 5) is 10.6. The molecule has 82 valence electrons. The summed E-state index contributed by atoms with van der Waals surface area (Å²) < 4.78 is 0. The number of aromatic nitrogens is 2. The van der Waals surface area contributed by atoms with E-state index in [9.17, 15) is 10.1 Å². The van der Waals surface area contributed by atoms with Crippen LogP contribution < -0.4 is 0 Å². The summed E-state index contributed by atoms with van der Waals surface area (Å²) in [5.41, 5.74) is 3.00. The minimum Gasteiger partial charge on any atom is -0.285 e. The third-order valence-corrected chi connectivity index (χ3v) is 2.59. The molecule has 5 heteroatoms. The van der Waals surface area contributed by atoms with Crippen LogP contribution in [0.15, 0.2) is 24.4 Å². The van der Waals surface area contributed by atoms with Crippen molar-refractivity contribution in [2.24, 2.45) is 0 Å². The van der Waals surface area contributed by atoms with Gasteiger partial charge in [-0.3, -0.25) is 15.2 Å². The van der Waals surface area contributed by atoms with Gasteiger partial charge < -0.3 is 0 Å². The maximum Gasteiger partial charge on any atom is 0.275 e. The second-order valence-corrected chi connectivity index (χ2v) is 3.62. The van der Waals surface area contributed by atoms with Gasteiger partial charge in [0.2, 0.25) is 0 Å². The molecule has 0 bridgehead atoms. The Bertz CT molecular complexity index is 532. The molecule has 16 heavy (non-hydrogen) atoms. The van der Waals surface area contributed by atoms with Gasteiger partial charge in [-0.2, -0.15) is 5.10 Å². The average molecular weight is 217 g/mol. The van der Waals surface area contributed by atoms with E-state index in [4.69, 9.17) is 0 Å². The quantitative estimate of drug-likeness (QED) is 0.620. The van der Waals surface area contributed by atoms with E-state index >= 15 is 0 Å². The van der Waals surface area contributed by atoms with Crippen LogP contribution in [0.4, 0.5) is 5.69 Å². The molecule has 0 saturated carbocycles. The zero-order valence-electron chi connectivity index (χ0n) is 9.02. The molecule has 0 amide bonds. The molecule has 0 saturated heterocycles. The second kappa shape index (κ2) is 3.77. The Hall–Kier alpha value is -2.17. The molecule has 1 aromatic carbocycles. The van der Waals surface area contributed by atoms with Crippen LogP contribution in [0.5, 0.6) is 0 Å². The smallest absolute Gasteiger partial charge is 0.275 e. The highest BCUT2D eigenvalue weighted by Gasteiger charge is 2.18. The monoisotopic (exact) mass is 217 g/mol. The molecule has 0 aliphatic rings. The highest BCUT2D eigenvalue weighted by molar-refractivity contribution is 5.69. The van der Waals surface area contributed by atoms with Crippen LogP contribution in [0.25, 0.3) is 11.3 Å². The van der Waals surface area contributed by atoms with Crippen LogP contribution in [0.2, 0.25) is 0 Å². The van der Waals surface area contributed by atoms with Crippen molar-refractivity contribution in [3.05, 3.63) is 45.6 Å². The molecule has 0 aliphatic carbocycles. The minimum atomic E-state index is -0.346. The lowest BCUT2D eigenvalue weighted by molar-refractivity contribution is -0.386. The fourth-order valence-corrected chi connectivity index (χ4v) is 1.80. The fraction of sp³-hybridized carbons (Fsp3) is 0.182. The summed E-state index contributed by atoms with van der Waals surface area (Å²) in [6, 6.07) is 5.39. The number of benzene rings is 1. The highest BCUT2D eigenvalue weighted by Crippen LogP contribution is 2.31. The first-order valence-electron chi connectivity index (χ1n) is 4.86. The Balaban J connectivity index is 2.66.